The summed E-state index contributed by atoms with van der Waals surface area (Å²) in [5, 5.41) is 0. The van der Waals surface area contributed by atoms with Crippen LogP contribution in [0.1, 0.15) is 20.8 Å². The van der Waals surface area contributed by atoms with E-state index in [4.69, 9.17) is 0 Å². The second-order valence-electron chi connectivity index (χ2n) is 2.99. The number of carbonyl (C=O) groups is 1. The first kappa shape index (κ1) is 10.9. The summed E-state index contributed by atoms with van der Waals surface area (Å²) in [5.41, 5.74) is 0. The van der Waals surface area contributed by atoms with Crippen molar-refractivity contribution < 1.29 is 4.79 Å². The lowest BCUT2D eigenvalue weighted by molar-refractivity contribution is -0.113. The van der Waals surface area contributed by atoms with Gasteiger partial charge < -0.3 is 0 Å². The largest absolute Gasteiger partial charge is 0.285 e. The van der Waals surface area contributed by atoms with E-state index in [1.807, 2.05) is 6.08 Å². The highest BCUT2D eigenvalue weighted by Gasteiger charge is 2.21. The molecule has 13 heavy (non-hydrogen) atoms. The number of allylic oxidation sites excluding steroid dienone is 1. The fraction of sp³-hybridized carbons (Fsp3) is 0.556. The van der Waals surface area contributed by atoms with E-state index in [9.17, 15) is 4.79 Å². The monoisotopic (exact) mass is 215 g/mol. The van der Waals surface area contributed by atoms with E-state index in [0.29, 0.717) is 5.92 Å². The Bertz CT molecular complexity index is 269. The molecule has 0 aromatic rings. The highest BCUT2D eigenvalue weighted by molar-refractivity contribution is 8.41. The van der Waals surface area contributed by atoms with Crippen LogP contribution in [0, 0.1) is 5.92 Å². The quantitative estimate of drug-likeness (QED) is 0.663. The van der Waals surface area contributed by atoms with Crippen LogP contribution in [0.2, 0.25) is 0 Å². The molecule has 0 saturated heterocycles. The molecular formula is C9H13NOS2. The Kier molecular flexibility index (Phi) is 4.06. The van der Waals surface area contributed by atoms with E-state index in [2.05, 4.69) is 25.8 Å². The zero-order valence-electron chi connectivity index (χ0n) is 8.03. The van der Waals surface area contributed by atoms with Crippen LogP contribution in [0.3, 0.4) is 0 Å². The summed E-state index contributed by atoms with van der Waals surface area (Å²) in [6, 6.07) is 0. The third-order valence-corrected chi connectivity index (χ3v) is 3.38. The van der Waals surface area contributed by atoms with Crippen LogP contribution < -0.4 is 0 Å². The fourth-order valence-electron chi connectivity index (χ4n) is 0.892. The molecule has 4 heteroatoms. The van der Waals surface area contributed by atoms with Gasteiger partial charge in [-0.15, -0.1) is 0 Å². The van der Waals surface area contributed by atoms with Gasteiger partial charge in [-0.25, -0.2) is 0 Å². The van der Waals surface area contributed by atoms with Gasteiger partial charge in [0.1, 0.15) is 4.38 Å². The second kappa shape index (κ2) is 4.86. The summed E-state index contributed by atoms with van der Waals surface area (Å²) in [6.07, 6.45) is 1.97. The number of aliphatic imine (C=N–C) groups is 1. The van der Waals surface area contributed by atoms with Crippen molar-refractivity contribution in [3.8, 4) is 0 Å². The van der Waals surface area contributed by atoms with Gasteiger partial charge >= 0.3 is 0 Å². The molecule has 0 aliphatic carbocycles. The summed E-state index contributed by atoms with van der Waals surface area (Å²) in [5.74, 6) is 1.30. The smallest absolute Gasteiger partial charge is 0.266 e. The minimum atomic E-state index is -0.0744. The molecular weight excluding hydrogens is 202 g/mol. The van der Waals surface area contributed by atoms with Gasteiger partial charge in [0.25, 0.3) is 5.91 Å². The van der Waals surface area contributed by atoms with Crippen molar-refractivity contribution >= 4 is 33.8 Å². The maximum absolute atomic E-state index is 11.3. The molecule has 2 nitrogen and oxygen atoms in total. The van der Waals surface area contributed by atoms with Crippen LogP contribution in [0.25, 0.3) is 0 Å². The van der Waals surface area contributed by atoms with Crippen molar-refractivity contribution in [2.24, 2.45) is 10.9 Å². The molecule has 0 bridgehead atoms. The Morgan fingerprint density at radius 1 is 1.62 bits per heavy atom. The minimum absolute atomic E-state index is 0.0744. The molecule has 0 unspecified atom stereocenters. The number of amides is 1. The molecule has 0 spiro atoms. The van der Waals surface area contributed by atoms with Crippen LogP contribution >= 0.6 is 23.5 Å². The van der Waals surface area contributed by atoms with Crippen LogP contribution in [0.15, 0.2) is 16.0 Å². The number of carbonyl (C=O) groups excluding carboxylic acids is 1. The zero-order chi connectivity index (χ0) is 9.84. The predicted octanol–water partition coefficient (Wildman–Crippen LogP) is 2.91. The second-order valence-corrected chi connectivity index (χ2v) is 5.53. The van der Waals surface area contributed by atoms with Gasteiger partial charge in [-0.1, -0.05) is 50.4 Å². The topological polar surface area (TPSA) is 29.4 Å². The number of thioether (sulfide) groups is 2. The molecule has 1 rings (SSSR count). The molecule has 1 amide bonds. The minimum Gasteiger partial charge on any atom is -0.266 e. The van der Waals surface area contributed by atoms with E-state index in [-0.39, 0.29) is 5.91 Å². The number of nitrogens with zero attached hydrogens (tertiary/aromatic N) is 1. The van der Waals surface area contributed by atoms with Crippen molar-refractivity contribution in [2.45, 2.75) is 20.8 Å². The number of hydrogen-bond acceptors (Lipinski definition) is 3. The van der Waals surface area contributed by atoms with E-state index in [1.54, 1.807) is 11.8 Å². The first-order chi connectivity index (χ1) is 6.13. The van der Waals surface area contributed by atoms with Gasteiger partial charge in [-0.2, -0.15) is 4.99 Å². The van der Waals surface area contributed by atoms with Crippen LogP contribution in [-0.2, 0) is 4.79 Å². The van der Waals surface area contributed by atoms with Crippen molar-refractivity contribution in [2.75, 3.05) is 5.75 Å². The van der Waals surface area contributed by atoms with Crippen molar-refractivity contribution in [1.82, 2.24) is 0 Å². The van der Waals surface area contributed by atoms with Gasteiger partial charge in [-0.3, -0.25) is 4.79 Å². The Hall–Kier alpha value is -0.220. The van der Waals surface area contributed by atoms with E-state index in [1.165, 1.54) is 11.8 Å². The highest BCUT2D eigenvalue weighted by Crippen LogP contribution is 2.32. The average molecular weight is 215 g/mol. The molecule has 0 fully saturated rings. The maximum atomic E-state index is 11.3. The van der Waals surface area contributed by atoms with Gasteiger partial charge in [-0.05, 0) is 11.7 Å². The summed E-state index contributed by atoms with van der Waals surface area (Å²) in [4.78, 5) is 16.0. The third-order valence-electron chi connectivity index (χ3n) is 1.35. The lowest BCUT2D eigenvalue weighted by Crippen LogP contribution is -1.90. The lowest BCUT2D eigenvalue weighted by atomic mass is 10.2. The lowest BCUT2D eigenvalue weighted by Gasteiger charge is -1.97. The van der Waals surface area contributed by atoms with Crippen LogP contribution in [0.5, 0.6) is 0 Å². The summed E-state index contributed by atoms with van der Waals surface area (Å²) < 4.78 is 0.888. The normalized spacial score (nSPS) is 20.2. The predicted molar refractivity (Wildman–Crippen MR) is 61.1 cm³/mol. The van der Waals surface area contributed by atoms with Crippen LogP contribution in [0.4, 0.5) is 0 Å². The molecule has 1 aliphatic rings. The third kappa shape index (κ3) is 3.19. The fourth-order valence-corrected chi connectivity index (χ4v) is 2.93. The number of rotatable bonds is 2. The van der Waals surface area contributed by atoms with E-state index in [0.717, 1.165) is 15.0 Å². The van der Waals surface area contributed by atoms with Crippen molar-refractivity contribution in [3.05, 3.63) is 11.0 Å². The molecule has 0 atom stereocenters. The highest BCUT2D eigenvalue weighted by atomic mass is 32.2. The van der Waals surface area contributed by atoms with Crippen LogP contribution in [-0.4, -0.2) is 16.0 Å². The SMILES string of the molecule is CCSC1=NC(=O)/C(=C/C(C)C)S1. The van der Waals surface area contributed by atoms with Gasteiger partial charge in [0.15, 0.2) is 0 Å². The molecule has 0 aromatic heterocycles. The van der Waals surface area contributed by atoms with Crippen molar-refractivity contribution in [3.63, 3.8) is 0 Å². The molecule has 0 aromatic carbocycles. The Morgan fingerprint density at radius 3 is 2.85 bits per heavy atom. The first-order valence-corrected chi connectivity index (χ1v) is 6.09. The Morgan fingerprint density at radius 2 is 2.31 bits per heavy atom. The maximum Gasteiger partial charge on any atom is 0.285 e. The van der Waals surface area contributed by atoms with Gasteiger partial charge in [0.2, 0.25) is 0 Å². The number of hydrogen-bond donors (Lipinski definition) is 0. The average Bonchev–Trinajstić information content (AvgIpc) is 2.31. The molecule has 0 radical (unpaired) electrons. The standard InChI is InChI=1S/C9H13NOS2/c1-4-12-9-10-8(11)7(13-9)5-6(2)3/h5-6H,4H2,1-3H3/b7-5-. The molecule has 72 valence electrons. The Labute approximate surface area is 87.3 Å². The first-order valence-electron chi connectivity index (χ1n) is 4.29. The zero-order valence-corrected chi connectivity index (χ0v) is 9.67. The molecule has 0 saturated carbocycles. The summed E-state index contributed by atoms with van der Waals surface area (Å²) in [7, 11) is 0. The van der Waals surface area contributed by atoms with E-state index < -0.39 is 0 Å². The summed E-state index contributed by atoms with van der Waals surface area (Å²) in [6.45, 7) is 6.18. The van der Waals surface area contributed by atoms with E-state index >= 15 is 0 Å². The molecule has 1 aliphatic heterocycles. The van der Waals surface area contributed by atoms with Gasteiger partial charge in [0, 0.05) is 0 Å². The van der Waals surface area contributed by atoms with Gasteiger partial charge in [0.05, 0.1) is 4.91 Å². The summed E-state index contributed by atoms with van der Waals surface area (Å²) >= 11 is 3.12. The Balaban J connectivity index is 2.64. The molecule has 0 N–H and O–H groups in total. The van der Waals surface area contributed by atoms with Crippen molar-refractivity contribution in [1.29, 1.82) is 0 Å². The molecule has 1 heterocycles.